The number of benzene rings is 3. The molecule has 0 N–H and O–H groups in total. The molecule has 0 bridgehead atoms. The summed E-state index contributed by atoms with van der Waals surface area (Å²) in [4.78, 5) is 0. The number of fused-ring (bicyclic) bond motifs is 1. The zero-order valence-electron chi connectivity index (χ0n) is 22.5. The predicted molar refractivity (Wildman–Crippen MR) is 138 cm³/mol. The molecule has 0 saturated heterocycles. The Morgan fingerprint density at radius 2 is 1.66 bits per heavy atom. The lowest BCUT2D eigenvalue weighted by molar-refractivity contribution is -0.659. The average Bonchev–Trinajstić information content (AvgIpc) is 2.78. The van der Waals surface area contributed by atoms with Crippen molar-refractivity contribution in [2.45, 2.75) is 53.9 Å². The fraction of sp³-hybridized carbons (Fsp3) is 0.323. The maximum absolute atomic E-state index is 8.77. The third-order valence-corrected chi connectivity index (χ3v) is 6.20. The summed E-state index contributed by atoms with van der Waals surface area (Å²) in [6.45, 7) is 13.4. The van der Waals surface area contributed by atoms with Crippen LogP contribution in [0.5, 0.6) is 0 Å². The fourth-order valence-corrected chi connectivity index (χ4v) is 4.71. The summed E-state index contributed by atoms with van der Waals surface area (Å²) in [5.41, 5.74) is 8.44. The third kappa shape index (κ3) is 4.48. The van der Waals surface area contributed by atoms with Crippen LogP contribution >= 0.6 is 0 Å². The van der Waals surface area contributed by atoms with Crippen LogP contribution < -0.4 is 4.57 Å². The maximum Gasteiger partial charge on any atom is 0.220 e. The van der Waals surface area contributed by atoms with Gasteiger partial charge in [-0.05, 0) is 70.0 Å². The van der Waals surface area contributed by atoms with Gasteiger partial charge in [0, 0.05) is 6.04 Å². The van der Waals surface area contributed by atoms with Crippen molar-refractivity contribution in [1.82, 2.24) is 0 Å². The summed E-state index contributed by atoms with van der Waals surface area (Å²) >= 11 is 0. The Morgan fingerprint density at radius 3 is 2.31 bits per heavy atom. The molecule has 0 aliphatic carbocycles. The molecular weight excluding hydrogens is 386 g/mol. The van der Waals surface area contributed by atoms with Gasteiger partial charge in [-0.15, -0.1) is 0 Å². The van der Waals surface area contributed by atoms with Crippen LogP contribution in [0.4, 0.5) is 0 Å². The molecule has 0 fully saturated rings. The zero-order chi connectivity index (χ0) is 24.8. The molecular formula is C31H36N+. The molecule has 0 aliphatic heterocycles. The monoisotopic (exact) mass is 424 g/mol. The van der Waals surface area contributed by atoms with E-state index in [4.69, 9.17) is 2.74 Å². The van der Waals surface area contributed by atoms with Crippen molar-refractivity contribution in [2.75, 3.05) is 0 Å². The van der Waals surface area contributed by atoms with Crippen molar-refractivity contribution in [1.29, 1.82) is 0 Å². The Hall–Kier alpha value is -2.93. The van der Waals surface area contributed by atoms with E-state index in [1.165, 1.54) is 27.8 Å². The highest BCUT2D eigenvalue weighted by Crippen LogP contribution is 2.36. The number of hydrogen-bond acceptors (Lipinski definition) is 0. The molecule has 4 rings (SSSR count). The molecule has 32 heavy (non-hydrogen) atoms. The highest BCUT2D eigenvalue weighted by atomic mass is 14.9. The van der Waals surface area contributed by atoms with Crippen molar-refractivity contribution in [3.63, 3.8) is 0 Å². The molecule has 1 aromatic heterocycles. The van der Waals surface area contributed by atoms with E-state index in [0.717, 1.165) is 28.5 Å². The molecule has 0 unspecified atom stereocenters. The van der Waals surface area contributed by atoms with Crippen LogP contribution in [0, 0.1) is 12.3 Å². The minimum absolute atomic E-state index is 0.161. The van der Waals surface area contributed by atoms with E-state index in [-0.39, 0.29) is 17.6 Å². The van der Waals surface area contributed by atoms with Crippen LogP contribution in [-0.2, 0) is 13.5 Å². The van der Waals surface area contributed by atoms with E-state index in [9.17, 15) is 0 Å². The Kier molecular flexibility index (Phi) is 5.27. The zero-order valence-corrected chi connectivity index (χ0v) is 20.5. The van der Waals surface area contributed by atoms with E-state index in [2.05, 4.69) is 96.1 Å². The molecule has 4 aromatic rings. The molecule has 0 aliphatic rings. The minimum Gasteiger partial charge on any atom is -0.200 e. The van der Waals surface area contributed by atoms with E-state index >= 15 is 0 Å². The van der Waals surface area contributed by atoms with Crippen LogP contribution in [0.2, 0.25) is 0 Å². The van der Waals surface area contributed by atoms with Gasteiger partial charge in [0.1, 0.15) is 8.42 Å². The molecule has 0 amide bonds. The van der Waals surface area contributed by atoms with Crippen molar-refractivity contribution in [3.8, 4) is 22.4 Å². The van der Waals surface area contributed by atoms with E-state index < -0.39 is 0 Å². The second-order valence-corrected chi connectivity index (χ2v) is 10.5. The van der Waals surface area contributed by atoms with Gasteiger partial charge in [-0.2, -0.15) is 0 Å². The van der Waals surface area contributed by atoms with Crippen LogP contribution in [-0.4, -0.2) is 0 Å². The fourth-order valence-electron chi connectivity index (χ4n) is 4.71. The van der Waals surface area contributed by atoms with Gasteiger partial charge in [-0.25, -0.2) is 4.57 Å². The van der Waals surface area contributed by atoms with Crippen molar-refractivity contribution < 1.29 is 7.31 Å². The lowest BCUT2D eigenvalue weighted by Gasteiger charge is -2.19. The van der Waals surface area contributed by atoms with Gasteiger partial charge in [0.2, 0.25) is 5.69 Å². The first kappa shape index (κ1) is 19.7. The topological polar surface area (TPSA) is 3.88 Å². The molecule has 0 atom stereocenters. The van der Waals surface area contributed by atoms with Crippen molar-refractivity contribution in [2.24, 2.45) is 12.5 Å². The number of hydrogen-bond donors (Lipinski definition) is 0. The molecule has 1 heteroatoms. The number of rotatable bonds is 4. The molecule has 0 radical (unpaired) electrons. The highest BCUT2D eigenvalue weighted by molar-refractivity contribution is 5.95. The second-order valence-electron chi connectivity index (χ2n) is 10.5. The number of pyridine rings is 1. The van der Waals surface area contributed by atoms with Gasteiger partial charge in [-0.3, -0.25) is 0 Å². The average molecular weight is 425 g/mol. The van der Waals surface area contributed by atoms with Gasteiger partial charge in [-0.1, -0.05) is 83.1 Å². The van der Waals surface area contributed by atoms with Crippen LogP contribution in [0.25, 0.3) is 33.2 Å². The van der Waals surface area contributed by atoms with Gasteiger partial charge in [0.05, 0.1) is 12.3 Å². The summed E-state index contributed by atoms with van der Waals surface area (Å²) in [6.07, 6.45) is 1.18. The summed E-state index contributed by atoms with van der Waals surface area (Å²) in [7, 11) is 1.92. The Labute approximate surface area is 196 Å². The number of aromatic nitrogens is 1. The van der Waals surface area contributed by atoms with E-state index in [1.54, 1.807) is 0 Å². The van der Waals surface area contributed by atoms with E-state index in [0.29, 0.717) is 5.92 Å². The second kappa shape index (κ2) is 8.54. The smallest absolute Gasteiger partial charge is 0.200 e. The molecule has 3 aromatic carbocycles. The third-order valence-electron chi connectivity index (χ3n) is 6.20. The Morgan fingerprint density at radius 1 is 0.938 bits per heavy atom. The van der Waals surface area contributed by atoms with Gasteiger partial charge in [0.15, 0.2) is 6.17 Å². The van der Waals surface area contributed by atoms with Crippen molar-refractivity contribution in [3.05, 3.63) is 89.6 Å². The lowest BCUT2D eigenvalue weighted by Crippen LogP contribution is -2.31. The van der Waals surface area contributed by atoms with Crippen LogP contribution in [0.1, 0.15) is 60.0 Å². The molecule has 0 spiro atoms. The van der Waals surface area contributed by atoms with Gasteiger partial charge >= 0.3 is 0 Å². The largest absolute Gasteiger partial charge is 0.220 e. The standard InChI is InChI=1S/C31H36N/c1-21(2)28-18-26(24-11-9-8-10-12-24)19-29(22(28)3)30-27-14-13-23(20-31(4,5)6)17-25(27)15-16-32(30)7/h8-19,21H,20H2,1-7H3/q+1/i15D,16D. The summed E-state index contributed by atoms with van der Waals surface area (Å²) in [5, 5.41) is 1.89. The first-order valence-electron chi connectivity index (χ1n) is 12.6. The lowest BCUT2D eigenvalue weighted by atomic mass is 9.86. The first-order chi connectivity index (χ1) is 16.0. The summed E-state index contributed by atoms with van der Waals surface area (Å²) in [5.74, 6) is 0.378. The normalized spacial score (nSPS) is 12.9. The van der Waals surface area contributed by atoms with Crippen LogP contribution in [0.15, 0.2) is 72.9 Å². The first-order valence-corrected chi connectivity index (χ1v) is 11.6. The van der Waals surface area contributed by atoms with Gasteiger partial charge < -0.3 is 0 Å². The molecule has 0 saturated carbocycles. The maximum atomic E-state index is 8.77. The SMILES string of the molecule is [2H]c1c([2H])[n+](C)c(-c2cc(-c3ccccc3)cc(C(C)C)c2C)c2ccc(CC(C)(C)C)cc12. The summed E-state index contributed by atoms with van der Waals surface area (Å²) < 4.78 is 19.4. The Bertz CT molecular complexity index is 1360. The Balaban J connectivity index is 2.06. The van der Waals surface area contributed by atoms with Gasteiger partial charge in [0.25, 0.3) is 0 Å². The molecule has 1 heterocycles. The minimum atomic E-state index is 0.161. The quantitative estimate of drug-likeness (QED) is 0.292. The highest BCUT2D eigenvalue weighted by Gasteiger charge is 2.22. The van der Waals surface area contributed by atoms with E-state index in [1.807, 2.05) is 17.7 Å². The molecule has 1 nitrogen and oxygen atoms in total. The van der Waals surface area contributed by atoms with Crippen molar-refractivity contribution >= 4 is 10.8 Å². The predicted octanol–water partition coefficient (Wildman–Crippen LogP) is 8.02. The summed E-state index contributed by atoms with van der Waals surface area (Å²) in [6, 6.07) is 21.8. The van der Waals surface area contributed by atoms with Crippen LogP contribution in [0.3, 0.4) is 0 Å². The number of nitrogens with zero attached hydrogens (tertiary/aromatic N) is 1. The molecule has 164 valence electrons.